The monoisotopic (exact) mass is 206 g/mol. The number of rotatable bonds is 2. The van der Waals surface area contributed by atoms with Crippen molar-refractivity contribution in [1.29, 1.82) is 0 Å². The number of hydrogen-bond donors (Lipinski definition) is 1. The van der Waals surface area contributed by atoms with Crippen molar-refractivity contribution in [1.82, 2.24) is 19.1 Å². The van der Waals surface area contributed by atoms with Crippen LogP contribution in [-0.2, 0) is 19.7 Å². The summed E-state index contributed by atoms with van der Waals surface area (Å²) in [7, 11) is 3.69. The second-order valence-electron chi connectivity index (χ2n) is 3.80. The standard InChI is InChI=1S/C10H14N4O/c1-10(15,8-11-4-6-13(8)2)9-12-5-7-14(9)3/h4-7,15H,1-3H3. The van der Waals surface area contributed by atoms with Gasteiger partial charge in [-0.15, -0.1) is 0 Å². The van der Waals surface area contributed by atoms with Crippen molar-refractivity contribution in [3.8, 4) is 0 Å². The minimum Gasteiger partial charge on any atom is -0.375 e. The molecule has 0 aromatic carbocycles. The summed E-state index contributed by atoms with van der Waals surface area (Å²) in [4.78, 5) is 8.29. The maximum atomic E-state index is 10.4. The van der Waals surface area contributed by atoms with E-state index in [0.29, 0.717) is 11.6 Å². The molecular weight excluding hydrogens is 192 g/mol. The lowest BCUT2D eigenvalue weighted by molar-refractivity contribution is 0.0765. The van der Waals surface area contributed by atoms with Gasteiger partial charge in [-0.3, -0.25) is 0 Å². The Labute approximate surface area is 88.0 Å². The molecule has 0 radical (unpaired) electrons. The fraction of sp³-hybridized carbons (Fsp3) is 0.400. The molecule has 0 saturated carbocycles. The molecule has 0 atom stereocenters. The van der Waals surface area contributed by atoms with Crippen molar-refractivity contribution in [2.45, 2.75) is 12.5 Å². The smallest absolute Gasteiger partial charge is 0.177 e. The van der Waals surface area contributed by atoms with Crippen LogP contribution in [0, 0.1) is 0 Å². The van der Waals surface area contributed by atoms with E-state index < -0.39 is 5.60 Å². The van der Waals surface area contributed by atoms with Crippen molar-refractivity contribution in [2.75, 3.05) is 0 Å². The Kier molecular flexibility index (Phi) is 2.12. The predicted molar refractivity (Wildman–Crippen MR) is 55.1 cm³/mol. The Hall–Kier alpha value is -1.62. The Bertz CT molecular complexity index is 427. The van der Waals surface area contributed by atoms with E-state index in [1.54, 1.807) is 40.8 Å². The summed E-state index contributed by atoms with van der Waals surface area (Å²) >= 11 is 0. The molecule has 0 saturated heterocycles. The van der Waals surface area contributed by atoms with Crippen LogP contribution in [0.5, 0.6) is 0 Å². The van der Waals surface area contributed by atoms with Crippen molar-refractivity contribution < 1.29 is 5.11 Å². The second-order valence-corrected chi connectivity index (χ2v) is 3.80. The summed E-state index contributed by atoms with van der Waals surface area (Å²) in [6, 6.07) is 0. The molecule has 2 aromatic rings. The van der Waals surface area contributed by atoms with E-state index in [9.17, 15) is 5.11 Å². The van der Waals surface area contributed by atoms with Crippen molar-refractivity contribution in [3.63, 3.8) is 0 Å². The molecule has 0 unspecified atom stereocenters. The van der Waals surface area contributed by atoms with Gasteiger partial charge < -0.3 is 14.2 Å². The van der Waals surface area contributed by atoms with Gasteiger partial charge in [-0.05, 0) is 6.92 Å². The molecule has 80 valence electrons. The summed E-state index contributed by atoms with van der Waals surface area (Å²) < 4.78 is 3.57. The van der Waals surface area contributed by atoms with Gasteiger partial charge in [0.25, 0.3) is 0 Å². The molecule has 2 rings (SSSR count). The van der Waals surface area contributed by atoms with Crippen LogP contribution in [0.1, 0.15) is 18.6 Å². The summed E-state index contributed by atoms with van der Waals surface area (Å²) in [5.74, 6) is 1.16. The number of hydrogen-bond acceptors (Lipinski definition) is 3. The van der Waals surface area contributed by atoms with Gasteiger partial charge in [-0.25, -0.2) is 9.97 Å². The summed E-state index contributed by atoms with van der Waals surface area (Å²) in [5, 5.41) is 10.4. The Morgan fingerprint density at radius 3 is 1.73 bits per heavy atom. The van der Waals surface area contributed by atoms with Gasteiger partial charge >= 0.3 is 0 Å². The molecule has 0 bridgehead atoms. The Balaban J connectivity index is 2.53. The van der Waals surface area contributed by atoms with Crippen molar-refractivity contribution in [2.24, 2.45) is 14.1 Å². The average molecular weight is 206 g/mol. The van der Waals surface area contributed by atoms with Gasteiger partial charge in [0.15, 0.2) is 5.60 Å². The van der Waals surface area contributed by atoms with E-state index in [-0.39, 0.29) is 0 Å². The number of imidazole rings is 2. The summed E-state index contributed by atoms with van der Waals surface area (Å²) in [6.07, 6.45) is 6.92. The van der Waals surface area contributed by atoms with Crippen molar-refractivity contribution >= 4 is 0 Å². The minimum atomic E-state index is -1.17. The van der Waals surface area contributed by atoms with E-state index in [2.05, 4.69) is 9.97 Å². The first-order chi connectivity index (χ1) is 7.03. The third-order valence-electron chi connectivity index (χ3n) is 2.51. The molecule has 0 aliphatic carbocycles. The zero-order chi connectivity index (χ0) is 11.1. The van der Waals surface area contributed by atoms with Gasteiger partial charge in [0, 0.05) is 38.9 Å². The van der Waals surface area contributed by atoms with Crippen LogP contribution in [0.4, 0.5) is 0 Å². The van der Waals surface area contributed by atoms with Crippen molar-refractivity contribution in [3.05, 3.63) is 36.4 Å². The third-order valence-corrected chi connectivity index (χ3v) is 2.51. The van der Waals surface area contributed by atoms with Crippen LogP contribution in [-0.4, -0.2) is 24.2 Å². The molecule has 0 aliphatic heterocycles. The van der Waals surface area contributed by atoms with E-state index in [1.165, 1.54) is 0 Å². The zero-order valence-electron chi connectivity index (χ0n) is 9.05. The first-order valence-electron chi connectivity index (χ1n) is 4.71. The molecule has 0 aliphatic rings. The maximum absolute atomic E-state index is 10.4. The maximum Gasteiger partial charge on any atom is 0.177 e. The number of nitrogens with zero attached hydrogens (tertiary/aromatic N) is 4. The van der Waals surface area contributed by atoms with E-state index >= 15 is 0 Å². The van der Waals surface area contributed by atoms with Crippen LogP contribution < -0.4 is 0 Å². The quantitative estimate of drug-likeness (QED) is 0.774. The summed E-state index contributed by atoms with van der Waals surface area (Å²) in [5.41, 5.74) is -1.17. The topological polar surface area (TPSA) is 55.9 Å². The number of aliphatic hydroxyl groups is 1. The number of aryl methyl sites for hydroxylation is 2. The van der Waals surface area contributed by atoms with Gasteiger partial charge in [0.05, 0.1) is 0 Å². The average Bonchev–Trinajstić information content (AvgIpc) is 2.73. The second kappa shape index (κ2) is 3.20. The predicted octanol–water partition coefficient (Wildman–Crippen LogP) is 0.409. The minimum absolute atomic E-state index is 0.580. The van der Waals surface area contributed by atoms with E-state index in [4.69, 9.17) is 0 Å². The SMILES string of the molecule is Cn1ccnc1C(C)(O)c1nccn1C. The highest BCUT2D eigenvalue weighted by Crippen LogP contribution is 2.25. The van der Waals surface area contributed by atoms with Gasteiger partial charge in [-0.2, -0.15) is 0 Å². The fourth-order valence-corrected chi connectivity index (χ4v) is 1.77. The fourth-order valence-electron chi connectivity index (χ4n) is 1.77. The zero-order valence-corrected chi connectivity index (χ0v) is 9.05. The lowest BCUT2D eigenvalue weighted by Crippen LogP contribution is -2.30. The highest BCUT2D eigenvalue weighted by molar-refractivity contribution is 5.17. The van der Waals surface area contributed by atoms with Gasteiger partial charge in [-0.1, -0.05) is 0 Å². The normalized spacial score (nSPS) is 12.0. The highest BCUT2D eigenvalue weighted by Gasteiger charge is 2.33. The molecule has 0 fully saturated rings. The van der Waals surface area contributed by atoms with Crippen LogP contribution in [0.25, 0.3) is 0 Å². The first-order valence-corrected chi connectivity index (χ1v) is 4.71. The van der Waals surface area contributed by atoms with Crippen LogP contribution in [0.3, 0.4) is 0 Å². The molecule has 2 heterocycles. The molecule has 0 spiro atoms. The summed E-state index contributed by atoms with van der Waals surface area (Å²) in [6.45, 7) is 1.69. The Morgan fingerprint density at radius 2 is 1.47 bits per heavy atom. The third kappa shape index (κ3) is 1.45. The molecule has 0 amide bonds. The number of aromatic nitrogens is 4. The molecule has 15 heavy (non-hydrogen) atoms. The molecule has 1 N–H and O–H groups in total. The molecular formula is C10H14N4O. The lowest BCUT2D eigenvalue weighted by atomic mass is 10.1. The van der Waals surface area contributed by atoms with Crippen LogP contribution in [0.2, 0.25) is 0 Å². The van der Waals surface area contributed by atoms with Crippen LogP contribution in [0.15, 0.2) is 24.8 Å². The van der Waals surface area contributed by atoms with E-state index in [1.807, 2.05) is 14.1 Å². The molecule has 5 heteroatoms. The lowest BCUT2D eigenvalue weighted by Gasteiger charge is -2.22. The Morgan fingerprint density at radius 1 is 1.07 bits per heavy atom. The molecule has 2 aromatic heterocycles. The van der Waals surface area contributed by atoms with Crippen LogP contribution >= 0.6 is 0 Å². The molecule has 5 nitrogen and oxygen atoms in total. The highest BCUT2D eigenvalue weighted by atomic mass is 16.3. The van der Waals surface area contributed by atoms with Gasteiger partial charge in [0.1, 0.15) is 11.6 Å². The largest absolute Gasteiger partial charge is 0.375 e. The van der Waals surface area contributed by atoms with Gasteiger partial charge in [0.2, 0.25) is 0 Å². The van der Waals surface area contributed by atoms with E-state index in [0.717, 1.165) is 0 Å². The first kappa shape index (κ1) is 9.92.